The molecule has 1 aromatic rings. The topological polar surface area (TPSA) is 39.2 Å². The number of hydrogen-bond acceptors (Lipinski definition) is 3. The number of nitrogens with zero attached hydrogens (tertiary/aromatic N) is 1. The summed E-state index contributed by atoms with van der Waals surface area (Å²) in [6.45, 7) is 3.75. The lowest BCUT2D eigenvalue weighted by molar-refractivity contribution is -0.157. The van der Waals surface area contributed by atoms with Crippen LogP contribution in [0, 0.1) is 11.8 Å². The van der Waals surface area contributed by atoms with Crippen molar-refractivity contribution in [1.29, 1.82) is 0 Å². The molecule has 0 aliphatic heterocycles. The third kappa shape index (κ3) is 3.79. The molecule has 1 unspecified atom stereocenters. The maximum absolute atomic E-state index is 11.9. The van der Waals surface area contributed by atoms with E-state index < -0.39 is 0 Å². The van der Waals surface area contributed by atoms with Crippen molar-refractivity contribution in [2.45, 2.75) is 52.1 Å². The maximum Gasteiger partial charge on any atom is 0.309 e. The van der Waals surface area contributed by atoms with E-state index in [1.165, 1.54) is 19.3 Å². The number of ether oxygens (including phenoxy) is 1. The first kappa shape index (κ1) is 14.0. The van der Waals surface area contributed by atoms with E-state index in [2.05, 4.69) is 4.98 Å². The second-order valence-corrected chi connectivity index (χ2v) is 5.66. The number of aromatic nitrogens is 1. The largest absolute Gasteiger partial charge is 0.455 e. The van der Waals surface area contributed by atoms with Crippen molar-refractivity contribution in [1.82, 2.24) is 4.98 Å². The van der Waals surface area contributed by atoms with Crippen LogP contribution in [0.2, 0.25) is 0 Å². The number of carbonyl (C=O) groups is 1. The number of pyridine rings is 1. The van der Waals surface area contributed by atoms with Crippen LogP contribution in [0.25, 0.3) is 0 Å². The lowest BCUT2D eigenvalue weighted by Gasteiger charge is -2.30. The van der Waals surface area contributed by atoms with Crippen LogP contribution in [-0.2, 0) is 9.53 Å². The van der Waals surface area contributed by atoms with E-state index in [1.807, 2.05) is 32.0 Å². The molecule has 0 spiro atoms. The molecule has 0 amide bonds. The summed E-state index contributed by atoms with van der Waals surface area (Å²) in [6.07, 6.45) is 7.62. The van der Waals surface area contributed by atoms with Gasteiger partial charge in [0.05, 0.1) is 11.6 Å². The van der Waals surface area contributed by atoms with Crippen LogP contribution in [0.15, 0.2) is 24.4 Å². The van der Waals surface area contributed by atoms with Crippen molar-refractivity contribution in [3.63, 3.8) is 0 Å². The predicted octanol–water partition coefficient (Wildman–Crippen LogP) is 3.90. The minimum atomic E-state index is -0.170. The van der Waals surface area contributed by atoms with E-state index in [-0.39, 0.29) is 18.0 Å². The van der Waals surface area contributed by atoms with Gasteiger partial charge in [0, 0.05) is 12.1 Å². The molecular weight excluding hydrogens is 238 g/mol. The van der Waals surface area contributed by atoms with Gasteiger partial charge in [-0.3, -0.25) is 9.78 Å². The van der Waals surface area contributed by atoms with Crippen molar-refractivity contribution in [3.8, 4) is 0 Å². The van der Waals surface area contributed by atoms with Crippen molar-refractivity contribution >= 4 is 5.97 Å². The molecule has 1 aliphatic carbocycles. The number of carbonyl (C=O) groups excluding carboxylic acids is 1. The van der Waals surface area contributed by atoms with Gasteiger partial charge in [-0.05, 0) is 25.0 Å². The van der Waals surface area contributed by atoms with Gasteiger partial charge in [0.15, 0.2) is 0 Å². The number of hydrogen-bond donors (Lipinski definition) is 0. The van der Waals surface area contributed by atoms with Crippen molar-refractivity contribution in [2.24, 2.45) is 11.8 Å². The van der Waals surface area contributed by atoms with Crippen LogP contribution in [0.1, 0.15) is 57.7 Å². The fraction of sp³-hybridized carbons (Fsp3) is 0.625. The van der Waals surface area contributed by atoms with E-state index in [0.717, 1.165) is 18.5 Å². The Balaban J connectivity index is 2.15. The molecule has 0 N–H and O–H groups in total. The molecule has 1 atom stereocenters. The van der Waals surface area contributed by atoms with E-state index >= 15 is 0 Å². The molecule has 1 saturated carbocycles. The first-order valence-electron chi connectivity index (χ1n) is 7.30. The van der Waals surface area contributed by atoms with E-state index in [4.69, 9.17) is 4.74 Å². The number of esters is 1. The number of rotatable bonds is 4. The smallest absolute Gasteiger partial charge is 0.309 e. The van der Waals surface area contributed by atoms with Gasteiger partial charge in [-0.1, -0.05) is 39.2 Å². The van der Waals surface area contributed by atoms with E-state index in [1.54, 1.807) is 6.20 Å². The van der Waals surface area contributed by atoms with Crippen LogP contribution < -0.4 is 0 Å². The van der Waals surface area contributed by atoms with Crippen LogP contribution in [0.3, 0.4) is 0 Å². The lowest BCUT2D eigenvalue weighted by Crippen LogP contribution is -2.24. The first-order chi connectivity index (χ1) is 9.18. The average Bonchev–Trinajstić information content (AvgIpc) is 2.46. The molecular formula is C16H23NO2. The summed E-state index contributed by atoms with van der Waals surface area (Å²) in [5.74, 6) is 0.211. The summed E-state index contributed by atoms with van der Waals surface area (Å²) in [7, 11) is 0. The van der Waals surface area contributed by atoms with Gasteiger partial charge < -0.3 is 4.74 Å². The second kappa shape index (κ2) is 6.69. The summed E-state index contributed by atoms with van der Waals surface area (Å²) in [4.78, 5) is 16.3. The lowest BCUT2D eigenvalue weighted by atomic mass is 9.84. The van der Waals surface area contributed by atoms with Gasteiger partial charge in [-0.25, -0.2) is 0 Å². The van der Waals surface area contributed by atoms with Gasteiger partial charge >= 0.3 is 5.97 Å². The normalized spacial score (nSPS) is 18.3. The first-order valence-corrected chi connectivity index (χ1v) is 7.30. The highest BCUT2D eigenvalue weighted by molar-refractivity contribution is 5.71. The monoisotopic (exact) mass is 261 g/mol. The average molecular weight is 261 g/mol. The Hall–Kier alpha value is -1.38. The van der Waals surface area contributed by atoms with Gasteiger partial charge in [0.25, 0.3) is 0 Å². The second-order valence-electron chi connectivity index (χ2n) is 5.66. The van der Waals surface area contributed by atoms with Gasteiger partial charge in [0.1, 0.15) is 6.10 Å². The fourth-order valence-corrected chi connectivity index (χ4v) is 2.64. The van der Waals surface area contributed by atoms with Gasteiger partial charge in [-0.2, -0.15) is 0 Å². The standard InChI is InChI=1S/C16H23NO2/c1-12(2)16(18)19-15(13-8-4-3-5-9-13)14-10-6-7-11-17-14/h6-7,10-13,15H,3-5,8-9H2,1-2H3. The predicted molar refractivity (Wildman–Crippen MR) is 74.5 cm³/mol. The Bertz CT molecular complexity index is 396. The zero-order valence-corrected chi connectivity index (χ0v) is 11.8. The molecule has 104 valence electrons. The summed E-state index contributed by atoms with van der Waals surface area (Å²) < 4.78 is 5.74. The molecule has 0 saturated heterocycles. The van der Waals surface area contributed by atoms with Crippen LogP contribution in [-0.4, -0.2) is 11.0 Å². The molecule has 0 aromatic carbocycles. The molecule has 0 bridgehead atoms. The Labute approximate surface area is 115 Å². The molecule has 3 heteroatoms. The Morgan fingerprint density at radius 1 is 1.26 bits per heavy atom. The molecule has 3 nitrogen and oxygen atoms in total. The Morgan fingerprint density at radius 3 is 2.58 bits per heavy atom. The summed E-state index contributed by atoms with van der Waals surface area (Å²) in [6, 6.07) is 5.82. The van der Waals surface area contributed by atoms with Crippen LogP contribution in [0.4, 0.5) is 0 Å². The zero-order valence-electron chi connectivity index (χ0n) is 11.8. The van der Waals surface area contributed by atoms with Crippen molar-refractivity contribution in [3.05, 3.63) is 30.1 Å². The van der Waals surface area contributed by atoms with Crippen LogP contribution >= 0.6 is 0 Å². The molecule has 1 aliphatic rings. The van der Waals surface area contributed by atoms with E-state index in [9.17, 15) is 4.79 Å². The van der Waals surface area contributed by atoms with Gasteiger partial charge in [0.2, 0.25) is 0 Å². The Morgan fingerprint density at radius 2 is 2.00 bits per heavy atom. The van der Waals surface area contributed by atoms with E-state index in [0.29, 0.717) is 5.92 Å². The highest BCUT2D eigenvalue weighted by Crippen LogP contribution is 2.36. The SMILES string of the molecule is CC(C)C(=O)OC(c1ccccn1)C1CCCCC1. The van der Waals surface area contributed by atoms with Gasteiger partial charge in [-0.15, -0.1) is 0 Å². The molecule has 0 radical (unpaired) electrons. The van der Waals surface area contributed by atoms with Crippen molar-refractivity contribution in [2.75, 3.05) is 0 Å². The molecule has 2 rings (SSSR count). The highest BCUT2D eigenvalue weighted by atomic mass is 16.5. The van der Waals surface area contributed by atoms with Crippen molar-refractivity contribution < 1.29 is 9.53 Å². The highest BCUT2D eigenvalue weighted by Gasteiger charge is 2.29. The summed E-state index contributed by atoms with van der Waals surface area (Å²) in [5, 5.41) is 0. The molecule has 1 fully saturated rings. The summed E-state index contributed by atoms with van der Waals surface area (Å²) >= 11 is 0. The van der Waals surface area contributed by atoms with Crippen LogP contribution in [0.5, 0.6) is 0 Å². The zero-order chi connectivity index (χ0) is 13.7. The third-order valence-corrected chi connectivity index (χ3v) is 3.77. The maximum atomic E-state index is 11.9. The minimum absolute atomic E-state index is 0.0881. The quantitative estimate of drug-likeness (QED) is 0.772. The fourth-order valence-electron chi connectivity index (χ4n) is 2.64. The third-order valence-electron chi connectivity index (χ3n) is 3.77. The molecule has 19 heavy (non-hydrogen) atoms. The Kier molecular flexibility index (Phi) is 4.94. The molecule has 1 heterocycles. The summed E-state index contributed by atoms with van der Waals surface area (Å²) in [5.41, 5.74) is 0.892. The molecule has 1 aromatic heterocycles. The minimum Gasteiger partial charge on any atom is -0.455 e.